The summed E-state index contributed by atoms with van der Waals surface area (Å²) in [5.74, 6) is 1.02. The predicted octanol–water partition coefficient (Wildman–Crippen LogP) is 2.13. The van der Waals surface area contributed by atoms with Crippen molar-refractivity contribution in [2.75, 3.05) is 19.0 Å². The number of carbonyl (C=O) groups excluding carboxylic acids is 1. The van der Waals surface area contributed by atoms with Crippen LogP contribution in [0.5, 0.6) is 11.5 Å². The van der Waals surface area contributed by atoms with Crippen LogP contribution in [0.3, 0.4) is 0 Å². The van der Waals surface area contributed by atoms with Gasteiger partial charge in [0.1, 0.15) is 0 Å². The van der Waals surface area contributed by atoms with Gasteiger partial charge in [0.15, 0.2) is 18.1 Å². The number of nitrogens with one attached hydrogen (secondary N) is 1. The zero-order valence-electron chi connectivity index (χ0n) is 12.1. The number of rotatable bonds is 5. The Morgan fingerprint density at radius 3 is 2.86 bits per heavy atom. The number of methoxy groups -OCH3 is 1. The van der Waals surface area contributed by atoms with Crippen LogP contribution in [0.25, 0.3) is 4.96 Å². The minimum absolute atomic E-state index is 0.147. The van der Waals surface area contributed by atoms with E-state index in [9.17, 15) is 4.79 Å². The summed E-state index contributed by atoms with van der Waals surface area (Å²) in [6.07, 6.45) is 0. The number of nitrogens with zero attached hydrogens (tertiary/aromatic N) is 3. The summed E-state index contributed by atoms with van der Waals surface area (Å²) in [6, 6.07) is 7.14. The minimum atomic E-state index is -0.332. The lowest BCUT2D eigenvalue weighted by molar-refractivity contribution is -0.118. The van der Waals surface area contributed by atoms with Crippen LogP contribution in [0.4, 0.5) is 5.95 Å². The lowest BCUT2D eigenvalue weighted by Gasteiger charge is -2.09. The summed E-state index contributed by atoms with van der Waals surface area (Å²) in [6.45, 7) is 1.78. The molecule has 0 fully saturated rings. The van der Waals surface area contributed by atoms with Crippen LogP contribution < -0.4 is 14.8 Å². The fourth-order valence-corrected chi connectivity index (χ4v) is 2.69. The molecule has 3 rings (SSSR count). The Labute approximate surface area is 130 Å². The number of hydrogen-bond acceptors (Lipinski definition) is 6. The van der Waals surface area contributed by atoms with Gasteiger partial charge in [0, 0.05) is 5.38 Å². The van der Waals surface area contributed by atoms with Gasteiger partial charge in [-0.25, -0.2) is 4.52 Å². The van der Waals surface area contributed by atoms with Gasteiger partial charge in [-0.1, -0.05) is 12.1 Å². The SMILES string of the molecule is COc1ccccc1OCC(=O)Nc1nc2scc(C)n2n1. The van der Waals surface area contributed by atoms with E-state index in [0.717, 1.165) is 10.7 Å². The molecular weight excluding hydrogens is 304 g/mol. The molecule has 0 spiro atoms. The Hall–Kier alpha value is -2.61. The molecule has 22 heavy (non-hydrogen) atoms. The predicted molar refractivity (Wildman–Crippen MR) is 82.7 cm³/mol. The number of aromatic nitrogens is 3. The fourth-order valence-electron chi connectivity index (χ4n) is 1.89. The molecule has 0 aliphatic rings. The molecule has 2 aromatic heterocycles. The summed E-state index contributed by atoms with van der Waals surface area (Å²) in [7, 11) is 1.55. The van der Waals surface area contributed by atoms with Crippen molar-refractivity contribution in [1.82, 2.24) is 14.6 Å². The molecule has 3 aromatic rings. The first-order valence-electron chi connectivity index (χ1n) is 6.54. The van der Waals surface area contributed by atoms with Crippen molar-refractivity contribution in [3.63, 3.8) is 0 Å². The normalized spacial score (nSPS) is 10.6. The number of ether oxygens (including phenoxy) is 2. The highest BCUT2D eigenvalue weighted by Gasteiger charge is 2.11. The van der Waals surface area contributed by atoms with Crippen molar-refractivity contribution in [3.8, 4) is 11.5 Å². The molecule has 0 atom stereocenters. The van der Waals surface area contributed by atoms with Gasteiger partial charge in [-0.05, 0) is 19.1 Å². The Kier molecular flexibility index (Phi) is 3.92. The second-order valence-corrected chi connectivity index (χ2v) is 5.33. The van der Waals surface area contributed by atoms with Crippen molar-refractivity contribution in [1.29, 1.82) is 0 Å². The number of fused-ring (bicyclic) bond motifs is 1. The number of amides is 1. The van der Waals surface area contributed by atoms with Crippen LogP contribution in [0.1, 0.15) is 5.69 Å². The zero-order valence-corrected chi connectivity index (χ0v) is 12.9. The fraction of sp³-hybridized carbons (Fsp3) is 0.214. The van der Waals surface area contributed by atoms with Gasteiger partial charge >= 0.3 is 0 Å². The molecule has 1 N–H and O–H groups in total. The molecule has 0 saturated heterocycles. The van der Waals surface area contributed by atoms with Crippen molar-refractivity contribution < 1.29 is 14.3 Å². The van der Waals surface area contributed by atoms with Gasteiger partial charge < -0.3 is 9.47 Å². The van der Waals surface area contributed by atoms with Crippen molar-refractivity contribution in [2.45, 2.75) is 6.92 Å². The third kappa shape index (κ3) is 2.86. The number of thiazole rings is 1. The summed E-state index contributed by atoms with van der Waals surface area (Å²) < 4.78 is 12.3. The summed E-state index contributed by atoms with van der Waals surface area (Å²) in [5.41, 5.74) is 0.971. The quantitative estimate of drug-likeness (QED) is 0.779. The molecule has 1 aromatic carbocycles. The van der Waals surface area contributed by atoms with Crippen molar-refractivity contribution in [3.05, 3.63) is 35.3 Å². The first-order valence-corrected chi connectivity index (χ1v) is 7.42. The lowest BCUT2D eigenvalue weighted by atomic mass is 10.3. The summed E-state index contributed by atoms with van der Waals surface area (Å²) >= 11 is 1.47. The van der Waals surface area contributed by atoms with E-state index in [1.165, 1.54) is 11.3 Å². The van der Waals surface area contributed by atoms with Crippen molar-refractivity contribution in [2.24, 2.45) is 0 Å². The Morgan fingerprint density at radius 1 is 1.36 bits per heavy atom. The molecule has 0 bridgehead atoms. The van der Waals surface area contributed by atoms with Gasteiger partial charge in [-0.3, -0.25) is 10.1 Å². The van der Waals surface area contributed by atoms with E-state index in [-0.39, 0.29) is 18.5 Å². The Balaban J connectivity index is 1.62. The number of anilines is 1. The minimum Gasteiger partial charge on any atom is -0.493 e. The maximum atomic E-state index is 11.9. The van der Waals surface area contributed by atoms with E-state index in [1.807, 2.05) is 24.4 Å². The van der Waals surface area contributed by atoms with Crippen molar-refractivity contribution >= 4 is 28.2 Å². The van der Waals surface area contributed by atoms with Crippen LogP contribution in [-0.2, 0) is 4.79 Å². The van der Waals surface area contributed by atoms with E-state index >= 15 is 0 Å². The second kappa shape index (κ2) is 6.02. The Bertz CT molecular complexity index is 811. The molecule has 0 aliphatic heterocycles. The molecular formula is C14H14N4O3S. The number of carbonyl (C=O) groups is 1. The lowest BCUT2D eigenvalue weighted by Crippen LogP contribution is -2.21. The van der Waals surface area contributed by atoms with E-state index < -0.39 is 0 Å². The smallest absolute Gasteiger partial charge is 0.264 e. The van der Waals surface area contributed by atoms with Crippen LogP contribution in [0, 0.1) is 6.92 Å². The highest BCUT2D eigenvalue weighted by molar-refractivity contribution is 7.15. The number of aryl methyl sites for hydroxylation is 1. The molecule has 8 heteroatoms. The van der Waals surface area contributed by atoms with E-state index in [0.29, 0.717) is 11.5 Å². The van der Waals surface area contributed by atoms with Gasteiger partial charge in [0.25, 0.3) is 11.9 Å². The van der Waals surface area contributed by atoms with Gasteiger partial charge in [-0.2, -0.15) is 4.98 Å². The average Bonchev–Trinajstić information content (AvgIpc) is 3.07. The molecule has 114 valence electrons. The van der Waals surface area contributed by atoms with Gasteiger partial charge in [0.05, 0.1) is 12.8 Å². The molecule has 0 radical (unpaired) electrons. The third-order valence-electron chi connectivity index (χ3n) is 2.93. The highest BCUT2D eigenvalue weighted by atomic mass is 32.1. The molecule has 0 unspecified atom stereocenters. The summed E-state index contributed by atoms with van der Waals surface area (Å²) in [4.78, 5) is 16.9. The topological polar surface area (TPSA) is 77.8 Å². The Morgan fingerprint density at radius 2 is 2.14 bits per heavy atom. The van der Waals surface area contributed by atoms with Crippen LogP contribution in [0.15, 0.2) is 29.6 Å². The maximum Gasteiger partial charge on any atom is 0.264 e. The first kappa shape index (κ1) is 14.3. The highest BCUT2D eigenvalue weighted by Crippen LogP contribution is 2.25. The average molecular weight is 318 g/mol. The maximum absolute atomic E-state index is 11.9. The zero-order chi connectivity index (χ0) is 15.5. The van der Waals surface area contributed by atoms with E-state index in [1.54, 1.807) is 23.8 Å². The monoisotopic (exact) mass is 318 g/mol. The molecule has 0 saturated carbocycles. The number of benzene rings is 1. The number of para-hydroxylation sites is 2. The van der Waals surface area contributed by atoms with E-state index in [4.69, 9.17) is 9.47 Å². The van der Waals surface area contributed by atoms with Gasteiger partial charge in [0.2, 0.25) is 4.96 Å². The molecule has 1 amide bonds. The molecule has 2 heterocycles. The van der Waals surface area contributed by atoms with E-state index in [2.05, 4.69) is 15.4 Å². The van der Waals surface area contributed by atoms with Crippen LogP contribution in [-0.4, -0.2) is 34.2 Å². The molecule has 7 nitrogen and oxygen atoms in total. The second-order valence-electron chi connectivity index (χ2n) is 4.49. The summed E-state index contributed by atoms with van der Waals surface area (Å²) in [5, 5.41) is 8.77. The third-order valence-corrected chi connectivity index (χ3v) is 3.86. The standard InChI is InChI=1S/C14H14N4O3S/c1-9-8-22-14-16-13(17-18(9)14)15-12(19)7-21-11-6-4-3-5-10(11)20-2/h3-6,8H,7H2,1-2H3,(H,15,17,19). The van der Waals surface area contributed by atoms with Crippen LogP contribution in [0.2, 0.25) is 0 Å². The number of hydrogen-bond donors (Lipinski definition) is 1. The van der Waals surface area contributed by atoms with Crippen LogP contribution >= 0.6 is 11.3 Å². The molecule has 0 aliphatic carbocycles. The largest absolute Gasteiger partial charge is 0.493 e. The van der Waals surface area contributed by atoms with Gasteiger partial charge in [-0.15, -0.1) is 16.4 Å². The first-order chi connectivity index (χ1) is 10.7.